The van der Waals surface area contributed by atoms with E-state index in [0.29, 0.717) is 0 Å². The lowest BCUT2D eigenvalue weighted by molar-refractivity contribution is -0.0119. The van der Waals surface area contributed by atoms with Crippen molar-refractivity contribution in [1.29, 1.82) is 0 Å². The van der Waals surface area contributed by atoms with Gasteiger partial charge in [-0.25, -0.2) is 0 Å². The molecule has 0 heterocycles. The summed E-state index contributed by atoms with van der Waals surface area (Å²) in [5.74, 6) is 0. The summed E-state index contributed by atoms with van der Waals surface area (Å²) >= 11 is 5.16. The third-order valence-electron chi connectivity index (χ3n) is 1.10. The Labute approximate surface area is 64.6 Å². The molecule has 3 N–H and O–H groups in total. The van der Waals surface area contributed by atoms with Gasteiger partial charge >= 0.3 is 0 Å². The number of aliphatic hydroxyl groups excluding tert-OH is 3. The third-order valence-corrected chi connectivity index (χ3v) is 1.28. The normalized spacial score (nSPS) is 17.6. The van der Waals surface area contributed by atoms with Gasteiger partial charge in [0, 0.05) is 5.54 Å². The highest BCUT2D eigenvalue weighted by Gasteiger charge is 2.12. The zero-order valence-electron chi connectivity index (χ0n) is 5.44. The van der Waals surface area contributed by atoms with Crippen molar-refractivity contribution in [3.63, 3.8) is 0 Å². The number of rotatable bonds is 4. The van der Waals surface area contributed by atoms with E-state index in [1.165, 1.54) is 11.6 Å². The van der Waals surface area contributed by atoms with Crippen LogP contribution in [0.4, 0.5) is 0 Å². The van der Waals surface area contributed by atoms with Crippen molar-refractivity contribution in [2.45, 2.75) is 18.6 Å². The Hall–Kier alpha value is -0.0900. The number of aliphatic hydroxyl groups is 3. The molecule has 0 spiro atoms. The van der Waals surface area contributed by atoms with Crippen LogP contribution in [0.25, 0.3) is 0 Å². The molecule has 2 unspecified atom stereocenters. The standard InChI is InChI=1S/C6H11ClO3/c7-3-1-2-5(9)6(10)4-8/h1,3,5-6,8-10H,2,4H2. The van der Waals surface area contributed by atoms with E-state index in [1.807, 2.05) is 0 Å². The maximum Gasteiger partial charge on any atom is 0.103 e. The van der Waals surface area contributed by atoms with Crippen LogP contribution in [0.5, 0.6) is 0 Å². The van der Waals surface area contributed by atoms with Crippen LogP contribution in [0.2, 0.25) is 0 Å². The second-order valence-corrected chi connectivity index (χ2v) is 2.17. The van der Waals surface area contributed by atoms with Crippen LogP contribution >= 0.6 is 11.6 Å². The molecular weight excluding hydrogens is 156 g/mol. The van der Waals surface area contributed by atoms with Crippen LogP contribution in [-0.2, 0) is 0 Å². The molecule has 0 rings (SSSR count). The van der Waals surface area contributed by atoms with E-state index >= 15 is 0 Å². The molecule has 0 amide bonds. The lowest BCUT2D eigenvalue weighted by Crippen LogP contribution is -2.28. The second-order valence-electron chi connectivity index (χ2n) is 1.91. The van der Waals surface area contributed by atoms with Crippen LogP contribution in [0.3, 0.4) is 0 Å². The van der Waals surface area contributed by atoms with Crippen molar-refractivity contribution in [3.8, 4) is 0 Å². The lowest BCUT2D eigenvalue weighted by atomic mass is 10.1. The zero-order chi connectivity index (χ0) is 7.98. The predicted octanol–water partition coefficient (Wildman–Crippen LogP) is -0.157. The summed E-state index contributed by atoms with van der Waals surface area (Å²) < 4.78 is 0. The van der Waals surface area contributed by atoms with Crippen LogP contribution in [0.15, 0.2) is 11.6 Å². The zero-order valence-corrected chi connectivity index (χ0v) is 6.20. The van der Waals surface area contributed by atoms with Crippen molar-refractivity contribution in [1.82, 2.24) is 0 Å². The molecule has 3 nitrogen and oxygen atoms in total. The van der Waals surface area contributed by atoms with Gasteiger partial charge in [-0.3, -0.25) is 0 Å². The van der Waals surface area contributed by atoms with E-state index in [9.17, 15) is 0 Å². The quantitative estimate of drug-likeness (QED) is 0.544. The molecule has 60 valence electrons. The largest absolute Gasteiger partial charge is 0.394 e. The SMILES string of the molecule is OCC(O)C(O)CC=CCl. The van der Waals surface area contributed by atoms with Gasteiger partial charge in [-0.15, -0.1) is 0 Å². The fourth-order valence-corrected chi connectivity index (χ4v) is 0.572. The lowest BCUT2D eigenvalue weighted by Gasteiger charge is -2.12. The summed E-state index contributed by atoms with van der Waals surface area (Å²) in [7, 11) is 0. The van der Waals surface area contributed by atoms with Crippen LogP contribution in [-0.4, -0.2) is 34.1 Å². The first kappa shape index (κ1) is 9.91. The second kappa shape index (κ2) is 5.68. The van der Waals surface area contributed by atoms with Gasteiger partial charge in [-0.1, -0.05) is 17.7 Å². The molecule has 0 aliphatic rings. The van der Waals surface area contributed by atoms with Crippen LogP contribution in [0, 0.1) is 0 Å². The number of hydrogen-bond acceptors (Lipinski definition) is 3. The van der Waals surface area contributed by atoms with E-state index in [2.05, 4.69) is 0 Å². The molecule has 0 aliphatic heterocycles. The molecule has 0 aromatic heterocycles. The fourth-order valence-electron chi connectivity index (χ4n) is 0.470. The molecule has 0 fully saturated rings. The summed E-state index contributed by atoms with van der Waals surface area (Å²) in [5.41, 5.74) is 1.26. The van der Waals surface area contributed by atoms with Crippen molar-refractivity contribution in [2.24, 2.45) is 0 Å². The summed E-state index contributed by atoms with van der Waals surface area (Å²) in [6, 6.07) is 0. The molecule has 0 aromatic carbocycles. The van der Waals surface area contributed by atoms with Crippen molar-refractivity contribution in [3.05, 3.63) is 11.6 Å². The average molecular weight is 167 g/mol. The molecule has 0 saturated heterocycles. The fraction of sp³-hybridized carbons (Fsp3) is 0.667. The van der Waals surface area contributed by atoms with E-state index in [4.69, 9.17) is 26.9 Å². The Bertz CT molecular complexity index is 105. The van der Waals surface area contributed by atoms with Gasteiger partial charge in [-0.2, -0.15) is 0 Å². The van der Waals surface area contributed by atoms with Crippen molar-refractivity contribution in [2.75, 3.05) is 6.61 Å². The molecule has 4 heteroatoms. The van der Waals surface area contributed by atoms with Gasteiger partial charge in [0.25, 0.3) is 0 Å². The van der Waals surface area contributed by atoms with Crippen molar-refractivity contribution >= 4 is 11.6 Å². The highest BCUT2D eigenvalue weighted by molar-refractivity contribution is 6.25. The maximum absolute atomic E-state index is 8.93. The minimum atomic E-state index is -1.08. The highest BCUT2D eigenvalue weighted by atomic mass is 35.5. The minimum absolute atomic E-state index is 0.255. The molecular formula is C6H11ClO3. The first-order valence-electron chi connectivity index (χ1n) is 2.94. The molecule has 0 saturated carbocycles. The number of halogens is 1. The Balaban J connectivity index is 3.50. The molecule has 2 atom stereocenters. The molecule has 0 aromatic rings. The van der Waals surface area contributed by atoms with Gasteiger partial charge in [0.15, 0.2) is 0 Å². The molecule has 0 bridgehead atoms. The maximum atomic E-state index is 8.93. The summed E-state index contributed by atoms with van der Waals surface area (Å²) in [5, 5.41) is 26.0. The van der Waals surface area contributed by atoms with Crippen LogP contribution < -0.4 is 0 Å². The molecule has 0 radical (unpaired) electrons. The first-order valence-corrected chi connectivity index (χ1v) is 3.38. The van der Waals surface area contributed by atoms with E-state index in [-0.39, 0.29) is 6.42 Å². The van der Waals surface area contributed by atoms with E-state index < -0.39 is 18.8 Å². The van der Waals surface area contributed by atoms with Gasteiger partial charge in [0.2, 0.25) is 0 Å². The topological polar surface area (TPSA) is 60.7 Å². The molecule has 10 heavy (non-hydrogen) atoms. The first-order chi connectivity index (χ1) is 4.72. The van der Waals surface area contributed by atoms with Gasteiger partial charge in [-0.05, 0) is 6.42 Å². The summed E-state index contributed by atoms with van der Waals surface area (Å²) in [4.78, 5) is 0. The van der Waals surface area contributed by atoms with E-state index in [1.54, 1.807) is 0 Å². The Morgan fingerprint density at radius 3 is 2.30 bits per heavy atom. The monoisotopic (exact) mass is 166 g/mol. The summed E-state index contributed by atoms with van der Waals surface area (Å²) in [6.45, 7) is -0.433. The minimum Gasteiger partial charge on any atom is -0.394 e. The highest BCUT2D eigenvalue weighted by Crippen LogP contribution is 1.99. The van der Waals surface area contributed by atoms with E-state index in [0.717, 1.165) is 0 Å². The van der Waals surface area contributed by atoms with Crippen LogP contribution in [0.1, 0.15) is 6.42 Å². The Morgan fingerprint density at radius 1 is 1.30 bits per heavy atom. The third kappa shape index (κ3) is 3.85. The van der Waals surface area contributed by atoms with Gasteiger partial charge in [0.05, 0.1) is 12.7 Å². The smallest absolute Gasteiger partial charge is 0.103 e. The van der Waals surface area contributed by atoms with Crippen molar-refractivity contribution < 1.29 is 15.3 Å². The summed E-state index contributed by atoms with van der Waals surface area (Å²) in [6.07, 6.45) is -0.246. The Morgan fingerprint density at radius 2 is 1.90 bits per heavy atom. The predicted molar refractivity (Wildman–Crippen MR) is 38.7 cm³/mol. The van der Waals surface area contributed by atoms with Gasteiger partial charge in [0.1, 0.15) is 6.10 Å². The average Bonchev–Trinajstić information content (AvgIpc) is 1.98. The number of hydrogen-bond donors (Lipinski definition) is 3. The Kier molecular flexibility index (Phi) is 5.63. The molecule has 0 aliphatic carbocycles. The van der Waals surface area contributed by atoms with Gasteiger partial charge < -0.3 is 15.3 Å².